The predicted molar refractivity (Wildman–Crippen MR) is 278 cm³/mol. The average Bonchev–Trinajstić information content (AvgIpc) is 3.58. The largest absolute Gasteiger partial charge is 0.481 e. The van der Waals surface area contributed by atoms with Crippen molar-refractivity contribution >= 4 is 65.2 Å². The van der Waals surface area contributed by atoms with Crippen LogP contribution in [0.25, 0.3) is 0 Å². The minimum Gasteiger partial charge on any atom is -0.481 e. The maximum Gasteiger partial charge on any atom is 0.328 e. The van der Waals surface area contributed by atoms with Gasteiger partial charge < -0.3 is 56.1 Å². The van der Waals surface area contributed by atoms with Gasteiger partial charge in [0.15, 0.2) is 0 Å². The van der Waals surface area contributed by atoms with Crippen molar-refractivity contribution in [1.82, 2.24) is 31.1 Å². The Morgan fingerprint density at radius 2 is 0.829 bits per heavy atom. The molecule has 1 heterocycles. The lowest BCUT2D eigenvalue weighted by Gasteiger charge is -2.34. The Balaban J connectivity index is 2.96. The Kier molecular flexibility index (Phi) is 24.1. The average molecular weight is 1080 g/mol. The normalized spacial score (nSPS) is 14.7. The topological polar surface area (TPSA) is 342 Å². The monoisotopic (exact) mass is 1080 g/mol. The van der Waals surface area contributed by atoms with Gasteiger partial charge in [-0.25, -0.2) is 9.59 Å². The van der Waals surface area contributed by atoms with Crippen LogP contribution in [0.1, 0.15) is 156 Å². The number of carboxylic acid groups (broad SMARTS) is 4. The van der Waals surface area contributed by atoms with E-state index in [9.17, 15) is 73.2 Å². The van der Waals surface area contributed by atoms with Crippen LogP contribution in [0.3, 0.4) is 0 Å². The first-order valence-electron chi connectivity index (χ1n) is 25.5. The molecule has 23 nitrogen and oxygen atoms in total. The molecule has 1 aliphatic heterocycles. The fourth-order valence-corrected chi connectivity index (χ4v) is 8.22. The van der Waals surface area contributed by atoms with Gasteiger partial charge in [0.1, 0.15) is 12.1 Å². The van der Waals surface area contributed by atoms with E-state index in [-0.39, 0.29) is 70.9 Å². The summed E-state index contributed by atoms with van der Waals surface area (Å²) in [6.07, 6.45) is 2.96. The van der Waals surface area contributed by atoms with E-state index in [1.54, 1.807) is 32.6 Å². The molecular weight excluding hydrogens is 993 g/mol. The van der Waals surface area contributed by atoms with Crippen LogP contribution in [0.4, 0.5) is 0 Å². The minimum atomic E-state index is -1.50. The number of carbonyl (C=O) groups is 11. The third kappa shape index (κ3) is 21.9. The van der Waals surface area contributed by atoms with Crippen molar-refractivity contribution in [3.63, 3.8) is 0 Å². The smallest absolute Gasteiger partial charge is 0.328 e. The van der Waals surface area contributed by atoms with Gasteiger partial charge in [0.05, 0.1) is 22.0 Å². The summed E-state index contributed by atoms with van der Waals surface area (Å²) in [5.74, 6) is -8.81. The third-order valence-electron chi connectivity index (χ3n) is 13.7. The first kappa shape index (κ1) is 68.0. The lowest BCUT2D eigenvalue weighted by atomic mass is 9.74. The number of nitrogens with zero attached hydrogens (tertiary/aromatic N) is 2. The van der Waals surface area contributed by atoms with Gasteiger partial charge >= 0.3 is 23.9 Å². The van der Waals surface area contributed by atoms with E-state index in [0.717, 1.165) is 17.1 Å². The molecule has 0 fully saturated rings. The number of rotatable bonds is 35. The highest BCUT2D eigenvalue weighted by Crippen LogP contribution is 2.36. The second-order valence-electron chi connectivity index (χ2n) is 24.9. The van der Waals surface area contributed by atoms with Crippen molar-refractivity contribution in [2.45, 2.75) is 179 Å². The number of imide groups is 1. The summed E-state index contributed by atoms with van der Waals surface area (Å²) >= 11 is 0. The Bertz CT molecular complexity index is 2050. The fourth-order valence-electron chi connectivity index (χ4n) is 8.22. The van der Waals surface area contributed by atoms with Crippen LogP contribution in [0.5, 0.6) is 0 Å². The van der Waals surface area contributed by atoms with Crippen LogP contribution in [-0.4, -0.2) is 165 Å². The lowest BCUT2D eigenvalue weighted by Crippen LogP contribution is -2.53. The zero-order valence-electron chi connectivity index (χ0n) is 47.7. The Morgan fingerprint density at radius 1 is 0.500 bits per heavy atom. The molecule has 0 aromatic carbocycles. The van der Waals surface area contributed by atoms with Crippen molar-refractivity contribution < 1.29 is 82.6 Å². The highest BCUT2D eigenvalue weighted by atomic mass is 16.5. The van der Waals surface area contributed by atoms with E-state index < -0.39 is 128 Å². The molecule has 0 spiro atoms. The molecular formula is C53H88N6O17. The van der Waals surface area contributed by atoms with E-state index in [1.807, 2.05) is 27.7 Å². The maximum absolute atomic E-state index is 13.8. The first-order valence-corrected chi connectivity index (χ1v) is 25.5. The van der Waals surface area contributed by atoms with Crippen LogP contribution >= 0.6 is 0 Å². The second-order valence-corrected chi connectivity index (χ2v) is 24.9. The van der Waals surface area contributed by atoms with Gasteiger partial charge in [0, 0.05) is 86.2 Å². The lowest BCUT2D eigenvalue weighted by molar-refractivity contribution is -0.151. The molecule has 0 aliphatic carbocycles. The van der Waals surface area contributed by atoms with Crippen LogP contribution in [-0.2, 0) is 62.2 Å². The molecule has 2 unspecified atom stereocenters. The third-order valence-corrected chi connectivity index (χ3v) is 13.7. The molecule has 8 N–H and O–H groups in total. The summed E-state index contributed by atoms with van der Waals surface area (Å²) in [7, 11) is 0. The fraction of sp³-hybridized carbons (Fsp3) is 0.755. The molecule has 7 amide bonds. The summed E-state index contributed by atoms with van der Waals surface area (Å²) < 4.78 is 12.5. The van der Waals surface area contributed by atoms with Crippen LogP contribution in [0.2, 0.25) is 0 Å². The van der Waals surface area contributed by atoms with E-state index in [4.69, 9.17) is 9.47 Å². The highest BCUT2D eigenvalue weighted by Gasteiger charge is 2.42. The first-order chi connectivity index (χ1) is 34.3. The van der Waals surface area contributed by atoms with Crippen molar-refractivity contribution in [2.75, 3.05) is 45.9 Å². The number of amides is 7. The van der Waals surface area contributed by atoms with Gasteiger partial charge in [0.25, 0.3) is 11.8 Å². The Morgan fingerprint density at radius 3 is 1.13 bits per heavy atom. The van der Waals surface area contributed by atoms with Crippen molar-refractivity contribution in [1.29, 1.82) is 0 Å². The zero-order valence-corrected chi connectivity index (χ0v) is 47.7. The van der Waals surface area contributed by atoms with E-state index in [0.29, 0.717) is 12.8 Å². The summed E-state index contributed by atoms with van der Waals surface area (Å²) in [5.41, 5.74) is -8.85. The summed E-state index contributed by atoms with van der Waals surface area (Å²) in [5, 5.41) is 48.8. The molecule has 1 rings (SSSR count). The second kappa shape index (κ2) is 26.9. The quantitative estimate of drug-likeness (QED) is 0.0419. The molecule has 1 aliphatic rings. The number of nitrogens with one attached hydrogen (secondary N) is 4. The van der Waals surface area contributed by atoms with Crippen LogP contribution < -0.4 is 21.3 Å². The molecule has 76 heavy (non-hydrogen) atoms. The number of hydrogen-bond acceptors (Lipinski definition) is 13. The molecule has 0 saturated heterocycles. The SMILES string of the molecule is CC(C)(CCN(CCC(C)(C)OCCC(C)(C)C(=O)NCC(NC(=O)C(C)(C)CC(C)(C)C(=O)O)C(=O)O)C(=O)CCN1C(=O)C=CC1=O)OCCC(C)(C)C(=O)NCC(NC(=O)C(C)(C)CC(C)(C)C(=O)O)C(=O)O. The molecule has 0 aromatic rings. The van der Waals surface area contributed by atoms with E-state index in [1.165, 1.54) is 55.4 Å². The van der Waals surface area contributed by atoms with Gasteiger partial charge in [-0.15, -0.1) is 0 Å². The van der Waals surface area contributed by atoms with Gasteiger partial charge in [0.2, 0.25) is 29.5 Å². The number of carboxylic acids is 4. The van der Waals surface area contributed by atoms with Crippen LogP contribution in [0, 0.1) is 32.5 Å². The van der Waals surface area contributed by atoms with E-state index >= 15 is 0 Å². The van der Waals surface area contributed by atoms with Gasteiger partial charge in [-0.1, -0.05) is 55.4 Å². The van der Waals surface area contributed by atoms with Crippen LogP contribution in [0.15, 0.2) is 12.2 Å². The molecule has 0 radical (unpaired) electrons. The minimum absolute atomic E-state index is 0.0777. The van der Waals surface area contributed by atoms with Crippen molar-refractivity contribution in [2.24, 2.45) is 32.5 Å². The summed E-state index contributed by atoms with van der Waals surface area (Å²) in [6, 6.07) is -3.00. The Labute approximate surface area is 447 Å². The van der Waals surface area contributed by atoms with Gasteiger partial charge in [-0.05, 0) is 93.9 Å². The number of carbonyl (C=O) groups excluding carboxylic acids is 7. The molecule has 23 heteroatoms. The predicted octanol–water partition coefficient (Wildman–Crippen LogP) is 3.76. The highest BCUT2D eigenvalue weighted by molar-refractivity contribution is 6.13. The Hall–Kier alpha value is -5.97. The molecule has 0 saturated carbocycles. The molecule has 0 aromatic heterocycles. The van der Waals surface area contributed by atoms with E-state index in [2.05, 4.69) is 21.3 Å². The molecule has 0 bridgehead atoms. The number of hydrogen-bond donors (Lipinski definition) is 8. The molecule has 432 valence electrons. The van der Waals surface area contributed by atoms with Crippen molar-refractivity contribution in [3.8, 4) is 0 Å². The number of ether oxygens (including phenoxy) is 2. The van der Waals surface area contributed by atoms with Gasteiger partial charge in [-0.2, -0.15) is 0 Å². The maximum atomic E-state index is 13.8. The van der Waals surface area contributed by atoms with Crippen molar-refractivity contribution in [3.05, 3.63) is 12.2 Å². The zero-order chi connectivity index (χ0) is 59.2. The summed E-state index contributed by atoms with van der Waals surface area (Å²) in [4.78, 5) is 141. The molecule has 2 atom stereocenters. The van der Waals surface area contributed by atoms with Gasteiger partial charge in [-0.3, -0.25) is 48.1 Å². The summed E-state index contributed by atoms with van der Waals surface area (Å²) in [6.45, 7) is 25.2. The number of aliphatic carboxylic acids is 4. The standard InChI is InChI=1S/C53H88N6O17/c1-46(2,40(67)54-29-33(38(63)64)56-42(69)48(5,6)31-50(9,10)44(71)72)22-27-75-52(13,14)20-25-58(35(60)19-24-59-36(61)17-18-37(59)62)26-21-53(15,16)76-28-23-47(3,4)41(68)55-30-34(39(65)66)57-43(70)49(7,8)32-51(11,12)45(73)74/h17-18,33-34H,19-32H2,1-16H3,(H,54,67)(H,55,68)(H,56,69)(H,57,70)(H,63,64)(H,65,66)(H,71,72)(H,73,74).